The molecule has 3 aromatic rings. The van der Waals surface area contributed by atoms with E-state index < -0.39 is 17.5 Å². The van der Waals surface area contributed by atoms with Crippen LogP contribution in [0.25, 0.3) is 11.3 Å². The largest absolute Gasteiger partial charge is 0.280 e. The van der Waals surface area contributed by atoms with Crippen molar-refractivity contribution in [3.05, 3.63) is 83.8 Å². The van der Waals surface area contributed by atoms with Crippen LogP contribution in [0, 0.1) is 11.6 Å². The molecule has 0 aliphatic heterocycles. The summed E-state index contributed by atoms with van der Waals surface area (Å²) in [6.07, 6.45) is 1.56. The van der Waals surface area contributed by atoms with E-state index in [-0.39, 0.29) is 12.1 Å². The van der Waals surface area contributed by atoms with Crippen LogP contribution in [0.4, 0.5) is 13.9 Å². The number of nitrogens with zero attached hydrogens (tertiary/aromatic N) is 2. The third-order valence-corrected chi connectivity index (χ3v) is 4.38. The van der Waals surface area contributed by atoms with Crippen LogP contribution in [0.5, 0.6) is 0 Å². The summed E-state index contributed by atoms with van der Waals surface area (Å²) in [5, 5.41) is 2.31. The maximum Gasteiger partial charge on any atom is 0.260 e. The second-order valence-electron chi connectivity index (χ2n) is 5.21. The first-order valence-corrected chi connectivity index (χ1v) is 8.37. The number of amides is 1. The maximum absolute atomic E-state index is 13.4. The fraction of sp³-hybridized carbons (Fsp3) is 0.0526. The molecule has 6 heteroatoms. The highest BCUT2D eigenvalue weighted by Gasteiger charge is 2.21. The Morgan fingerprint density at radius 2 is 1.92 bits per heavy atom. The molecule has 25 heavy (non-hydrogen) atoms. The van der Waals surface area contributed by atoms with Crippen LogP contribution in [0.2, 0.25) is 0 Å². The molecule has 3 nitrogen and oxygen atoms in total. The molecule has 0 atom stereocenters. The molecule has 0 saturated carbocycles. The minimum atomic E-state index is -1.06. The molecule has 1 heterocycles. The van der Waals surface area contributed by atoms with E-state index in [1.54, 1.807) is 6.08 Å². The zero-order chi connectivity index (χ0) is 17.8. The van der Waals surface area contributed by atoms with Crippen LogP contribution >= 0.6 is 11.3 Å². The second kappa shape index (κ2) is 7.36. The van der Waals surface area contributed by atoms with Crippen molar-refractivity contribution in [2.75, 3.05) is 11.4 Å². The average molecular weight is 356 g/mol. The van der Waals surface area contributed by atoms with Gasteiger partial charge in [-0.1, -0.05) is 36.4 Å². The summed E-state index contributed by atoms with van der Waals surface area (Å²) in [5.41, 5.74) is 1.73. The summed E-state index contributed by atoms with van der Waals surface area (Å²) in [7, 11) is 0. The van der Waals surface area contributed by atoms with E-state index in [9.17, 15) is 13.6 Å². The first kappa shape index (κ1) is 17.0. The number of hydrogen-bond acceptors (Lipinski definition) is 3. The van der Waals surface area contributed by atoms with Crippen LogP contribution in [0.3, 0.4) is 0 Å². The number of benzene rings is 2. The Balaban J connectivity index is 1.93. The van der Waals surface area contributed by atoms with Crippen molar-refractivity contribution >= 4 is 22.4 Å². The lowest BCUT2D eigenvalue weighted by atomic mass is 10.2. The molecule has 0 unspecified atom stereocenters. The van der Waals surface area contributed by atoms with Gasteiger partial charge in [0, 0.05) is 23.1 Å². The van der Waals surface area contributed by atoms with Crippen LogP contribution < -0.4 is 4.90 Å². The number of rotatable bonds is 5. The maximum atomic E-state index is 13.4. The van der Waals surface area contributed by atoms with Crippen molar-refractivity contribution in [3.63, 3.8) is 0 Å². The summed E-state index contributed by atoms with van der Waals surface area (Å²) >= 11 is 1.30. The topological polar surface area (TPSA) is 33.2 Å². The van der Waals surface area contributed by atoms with Crippen molar-refractivity contribution in [1.82, 2.24) is 4.98 Å². The number of carbonyl (C=O) groups is 1. The van der Waals surface area contributed by atoms with Gasteiger partial charge in [0.25, 0.3) is 5.91 Å². The zero-order valence-electron chi connectivity index (χ0n) is 13.2. The van der Waals surface area contributed by atoms with Crippen molar-refractivity contribution in [3.8, 4) is 11.3 Å². The number of anilines is 1. The molecular formula is C19H14F2N2OS. The molecule has 0 fully saturated rings. The van der Waals surface area contributed by atoms with Crippen molar-refractivity contribution in [2.24, 2.45) is 0 Å². The Morgan fingerprint density at radius 3 is 2.60 bits per heavy atom. The average Bonchev–Trinajstić information content (AvgIpc) is 3.12. The number of carbonyl (C=O) groups excluding carboxylic acids is 1. The molecule has 1 aromatic heterocycles. The molecule has 0 bridgehead atoms. The fourth-order valence-corrected chi connectivity index (χ4v) is 3.13. The van der Waals surface area contributed by atoms with Crippen LogP contribution in [-0.4, -0.2) is 17.4 Å². The molecule has 126 valence electrons. The number of aromatic nitrogens is 1. The Labute approximate surface area is 147 Å². The van der Waals surface area contributed by atoms with Gasteiger partial charge in [-0.2, -0.15) is 0 Å². The lowest BCUT2D eigenvalue weighted by Gasteiger charge is -2.18. The summed E-state index contributed by atoms with van der Waals surface area (Å²) < 4.78 is 26.5. The van der Waals surface area contributed by atoms with Gasteiger partial charge in [-0.15, -0.1) is 17.9 Å². The Morgan fingerprint density at radius 1 is 1.16 bits per heavy atom. The van der Waals surface area contributed by atoms with Gasteiger partial charge in [0.05, 0.1) is 5.69 Å². The van der Waals surface area contributed by atoms with Gasteiger partial charge < -0.3 is 0 Å². The number of thiazole rings is 1. The van der Waals surface area contributed by atoms with E-state index in [4.69, 9.17) is 0 Å². The standard InChI is InChI=1S/C19H14F2N2OS/c1-2-10-23(18(24)14-8-9-15(20)16(21)11-14)19-22-17(12-25-19)13-6-4-3-5-7-13/h2-9,11-12H,1,10H2. The molecule has 0 spiro atoms. The fourth-order valence-electron chi connectivity index (χ4n) is 2.29. The second-order valence-corrected chi connectivity index (χ2v) is 6.05. The third-order valence-electron chi connectivity index (χ3n) is 3.52. The van der Waals surface area contributed by atoms with E-state index in [0.29, 0.717) is 5.13 Å². The highest BCUT2D eigenvalue weighted by molar-refractivity contribution is 7.14. The SMILES string of the molecule is C=CCN(C(=O)c1ccc(F)c(F)c1)c1nc(-c2ccccc2)cs1. The summed E-state index contributed by atoms with van der Waals surface area (Å²) in [6, 6.07) is 12.6. The highest BCUT2D eigenvalue weighted by atomic mass is 32.1. The Hall–Kier alpha value is -2.86. The normalized spacial score (nSPS) is 10.5. The van der Waals surface area contributed by atoms with Gasteiger partial charge in [0.15, 0.2) is 16.8 Å². The van der Waals surface area contributed by atoms with E-state index in [1.807, 2.05) is 35.7 Å². The van der Waals surface area contributed by atoms with Gasteiger partial charge in [0.2, 0.25) is 0 Å². The first-order valence-electron chi connectivity index (χ1n) is 7.49. The third kappa shape index (κ3) is 3.64. The van der Waals surface area contributed by atoms with Crippen LogP contribution in [0.15, 0.2) is 66.6 Å². The number of hydrogen-bond donors (Lipinski definition) is 0. The first-order chi connectivity index (χ1) is 12.1. The van der Waals surface area contributed by atoms with E-state index >= 15 is 0 Å². The molecule has 0 radical (unpaired) electrons. The van der Waals surface area contributed by atoms with Gasteiger partial charge >= 0.3 is 0 Å². The van der Waals surface area contributed by atoms with Crippen LogP contribution in [0.1, 0.15) is 10.4 Å². The van der Waals surface area contributed by atoms with Gasteiger partial charge in [-0.05, 0) is 18.2 Å². The van der Waals surface area contributed by atoms with Gasteiger partial charge in [-0.25, -0.2) is 13.8 Å². The van der Waals surface area contributed by atoms with E-state index in [0.717, 1.165) is 23.4 Å². The van der Waals surface area contributed by atoms with E-state index in [2.05, 4.69) is 11.6 Å². The lowest BCUT2D eigenvalue weighted by Crippen LogP contribution is -2.31. The Kier molecular flexibility index (Phi) is 5.00. The predicted octanol–water partition coefficient (Wildman–Crippen LogP) is 4.92. The Bertz CT molecular complexity index is 909. The summed E-state index contributed by atoms with van der Waals surface area (Å²) in [6.45, 7) is 3.86. The number of halogens is 2. The predicted molar refractivity (Wildman–Crippen MR) is 95.8 cm³/mol. The molecule has 0 N–H and O–H groups in total. The molecular weight excluding hydrogens is 342 g/mol. The molecule has 0 aliphatic rings. The molecule has 3 rings (SSSR count). The van der Waals surface area contributed by atoms with Crippen LogP contribution in [-0.2, 0) is 0 Å². The molecule has 1 amide bonds. The smallest absolute Gasteiger partial charge is 0.260 e. The summed E-state index contributed by atoms with van der Waals surface area (Å²) in [4.78, 5) is 18.6. The minimum Gasteiger partial charge on any atom is -0.280 e. The lowest BCUT2D eigenvalue weighted by molar-refractivity contribution is 0.0989. The molecule has 0 saturated heterocycles. The summed E-state index contributed by atoms with van der Waals surface area (Å²) in [5.74, 6) is -2.52. The highest BCUT2D eigenvalue weighted by Crippen LogP contribution is 2.28. The van der Waals surface area contributed by atoms with Crippen molar-refractivity contribution in [1.29, 1.82) is 0 Å². The van der Waals surface area contributed by atoms with E-state index in [1.165, 1.54) is 22.3 Å². The minimum absolute atomic E-state index is 0.0530. The molecule has 0 aliphatic carbocycles. The van der Waals surface area contributed by atoms with Crippen molar-refractivity contribution in [2.45, 2.75) is 0 Å². The van der Waals surface area contributed by atoms with Crippen molar-refractivity contribution < 1.29 is 13.6 Å². The quantitative estimate of drug-likeness (QED) is 0.608. The van der Waals surface area contributed by atoms with Gasteiger partial charge in [0.1, 0.15) is 0 Å². The molecule has 2 aromatic carbocycles. The monoisotopic (exact) mass is 356 g/mol. The zero-order valence-corrected chi connectivity index (χ0v) is 14.0. The van der Waals surface area contributed by atoms with Gasteiger partial charge in [-0.3, -0.25) is 9.69 Å².